The lowest BCUT2D eigenvalue weighted by atomic mass is 10.0. The van der Waals surface area contributed by atoms with Crippen molar-refractivity contribution < 1.29 is 34.5 Å². The fourth-order valence-electron chi connectivity index (χ4n) is 2.69. The fraction of sp³-hybridized carbons (Fsp3) is 0.524. The zero-order chi connectivity index (χ0) is 24.6. The number of amides is 3. The molecule has 0 bridgehead atoms. The Balaban J connectivity index is 2.82. The fourth-order valence-corrected chi connectivity index (χ4v) is 2.69. The number of hydrogen-bond donors (Lipinski definition) is 7. The molecule has 32 heavy (non-hydrogen) atoms. The Morgan fingerprint density at radius 3 is 1.94 bits per heavy atom. The van der Waals surface area contributed by atoms with Crippen molar-refractivity contribution in [1.82, 2.24) is 16.0 Å². The number of hydrogen-bond acceptors (Lipinski definition) is 7. The van der Waals surface area contributed by atoms with E-state index in [-0.39, 0.29) is 18.1 Å². The van der Waals surface area contributed by atoms with E-state index in [2.05, 4.69) is 16.0 Å². The summed E-state index contributed by atoms with van der Waals surface area (Å²) in [6, 6.07) is 1.13. The van der Waals surface area contributed by atoms with E-state index in [1.54, 1.807) is 13.8 Å². The van der Waals surface area contributed by atoms with E-state index in [1.807, 2.05) is 0 Å². The third-order valence-electron chi connectivity index (χ3n) is 4.83. The van der Waals surface area contributed by atoms with Gasteiger partial charge in [-0.1, -0.05) is 26.0 Å². The van der Waals surface area contributed by atoms with E-state index in [0.29, 0.717) is 5.56 Å². The maximum absolute atomic E-state index is 12.6. The summed E-state index contributed by atoms with van der Waals surface area (Å²) >= 11 is 0. The zero-order valence-electron chi connectivity index (χ0n) is 18.5. The van der Waals surface area contributed by atoms with Crippen molar-refractivity contribution in [2.75, 3.05) is 0 Å². The average Bonchev–Trinajstić information content (AvgIpc) is 2.71. The van der Waals surface area contributed by atoms with Crippen LogP contribution in [0.1, 0.15) is 33.3 Å². The molecule has 0 aliphatic rings. The van der Waals surface area contributed by atoms with E-state index in [0.717, 1.165) is 0 Å². The predicted octanol–water partition coefficient (Wildman–Crippen LogP) is -1.14. The first-order valence-electron chi connectivity index (χ1n) is 10.2. The molecule has 0 aromatic heterocycles. The molecule has 0 radical (unpaired) electrons. The molecule has 1 aromatic rings. The van der Waals surface area contributed by atoms with Gasteiger partial charge in [0.15, 0.2) is 0 Å². The van der Waals surface area contributed by atoms with Crippen LogP contribution in [-0.4, -0.2) is 69.3 Å². The predicted molar refractivity (Wildman–Crippen MR) is 115 cm³/mol. The van der Waals surface area contributed by atoms with Crippen LogP contribution in [0.4, 0.5) is 0 Å². The Hall–Kier alpha value is -3.18. The van der Waals surface area contributed by atoms with Crippen LogP contribution in [0.25, 0.3) is 0 Å². The Morgan fingerprint density at radius 1 is 0.906 bits per heavy atom. The number of benzene rings is 1. The lowest BCUT2D eigenvalue weighted by molar-refractivity contribution is -0.143. The third-order valence-corrected chi connectivity index (χ3v) is 4.83. The summed E-state index contributed by atoms with van der Waals surface area (Å²) in [6.07, 6.45) is -1.43. The van der Waals surface area contributed by atoms with Gasteiger partial charge in [-0.2, -0.15) is 0 Å². The zero-order valence-corrected chi connectivity index (χ0v) is 18.5. The first-order chi connectivity index (χ1) is 14.8. The maximum Gasteiger partial charge on any atom is 0.326 e. The van der Waals surface area contributed by atoms with E-state index in [9.17, 15) is 34.5 Å². The van der Waals surface area contributed by atoms with Gasteiger partial charge in [0, 0.05) is 6.42 Å². The van der Waals surface area contributed by atoms with Gasteiger partial charge in [0.25, 0.3) is 0 Å². The minimum Gasteiger partial charge on any atom is -0.508 e. The second-order valence-corrected chi connectivity index (χ2v) is 8.00. The second kappa shape index (κ2) is 12.0. The van der Waals surface area contributed by atoms with Crippen molar-refractivity contribution in [2.24, 2.45) is 11.7 Å². The summed E-state index contributed by atoms with van der Waals surface area (Å²) in [5, 5.41) is 35.8. The Bertz CT molecular complexity index is 811. The van der Waals surface area contributed by atoms with Gasteiger partial charge in [0.2, 0.25) is 17.7 Å². The molecule has 5 unspecified atom stereocenters. The summed E-state index contributed by atoms with van der Waals surface area (Å²) < 4.78 is 0. The van der Waals surface area contributed by atoms with E-state index >= 15 is 0 Å². The van der Waals surface area contributed by atoms with Crippen molar-refractivity contribution in [1.29, 1.82) is 0 Å². The van der Waals surface area contributed by atoms with Gasteiger partial charge in [-0.05, 0) is 37.5 Å². The van der Waals surface area contributed by atoms with Gasteiger partial charge < -0.3 is 37.0 Å². The topological polar surface area (TPSA) is 191 Å². The highest BCUT2D eigenvalue weighted by atomic mass is 16.4. The molecule has 0 aliphatic heterocycles. The highest BCUT2D eigenvalue weighted by molar-refractivity contribution is 5.94. The van der Waals surface area contributed by atoms with Crippen molar-refractivity contribution >= 4 is 23.7 Å². The largest absolute Gasteiger partial charge is 0.508 e. The smallest absolute Gasteiger partial charge is 0.326 e. The van der Waals surface area contributed by atoms with Crippen molar-refractivity contribution in [3.05, 3.63) is 29.8 Å². The lowest BCUT2D eigenvalue weighted by Crippen LogP contribution is -2.59. The number of rotatable bonds is 11. The van der Waals surface area contributed by atoms with E-state index < -0.39 is 54.0 Å². The van der Waals surface area contributed by atoms with Gasteiger partial charge in [-0.3, -0.25) is 14.4 Å². The minimum absolute atomic E-state index is 0.0112. The first kappa shape index (κ1) is 26.9. The number of aliphatic carboxylic acids is 1. The quantitative estimate of drug-likeness (QED) is 0.219. The molecule has 3 amide bonds. The maximum atomic E-state index is 12.6. The molecule has 11 nitrogen and oxygen atoms in total. The second-order valence-electron chi connectivity index (χ2n) is 8.00. The minimum atomic E-state index is -1.46. The summed E-state index contributed by atoms with van der Waals surface area (Å²) in [7, 11) is 0. The number of carbonyl (C=O) groups is 4. The first-order valence-corrected chi connectivity index (χ1v) is 10.2. The summed E-state index contributed by atoms with van der Waals surface area (Å²) in [5.41, 5.74) is 6.29. The molecular weight excluding hydrogens is 420 g/mol. The van der Waals surface area contributed by atoms with E-state index in [4.69, 9.17) is 5.73 Å². The number of phenolic OH excluding ortho intramolecular Hbond substituents is 1. The van der Waals surface area contributed by atoms with Crippen LogP contribution >= 0.6 is 0 Å². The van der Waals surface area contributed by atoms with Gasteiger partial charge in [0.05, 0.1) is 12.1 Å². The van der Waals surface area contributed by atoms with Crippen LogP contribution in [0.3, 0.4) is 0 Å². The highest BCUT2D eigenvalue weighted by Crippen LogP contribution is 2.12. The number of phenols is 1. The normalized spacial score (nSPS) is 15.7. The number of aromatic hydroxyl groups is 1. The van der Waals surface area contributed by atoms with Crippen LogP contribution in [0.5, 0.6) is 5.75 Å². The van der Waals surface area contributed by atoms with E-state index in [1.165, 1.54) is 38.1 Å². The molecule has 0 saturated heterocycles. The molecule has 0 heterocycles. The number of carboxylic acid groups (broad SMARTS) is 1. The third kappa shape index (κ3) is 8.16. The van der Waals surface area contributed by atoms with Gasteiger partial charge >= 0.3 is 5.97 Å². The van der Waals surface area contributed by atoms with Crippen LogP contribution in [0.15, 0.2) is 24.3 Å². The number of aliphatic hydroxyl groups is 1. The number of nitrogens with one attached hydrogen (secondary N) is 3. The van der Waals surface area contributed by atoms with Crippen molar-refractivity contribution in [3.63, 3.8) is 0 Å². The molecule has 11 heteroatoms. The summed E-state index contributed by atoms with van der Waals surface area (Å²) in [6.45, 7) is 6.15. The van der Waals surface area contributed by atoms with Gasteiger partial charge in [-0.25, -0.2) is 4.79 Å². The van der Waals surface area contributed by atoms with Crippen molar-refractivity contribution in [2.45, 2.75) is 64.4 Å². The monoisotopic (exact) mass is 452 g/mol. The molecule has 178 valence electrons. The number of aliphatic hydroxyl groups excluding tert-OH is 1. The number of carboxylic acids is 1. The molecule has 0 spiro atoms. The average molecular weight is 453 g/mol. The summed E-state index contributed by atoms with van der Waals surface area (Å²) in [4.78, 5) is 48.7. The SMILES string of the molecule is CC(NC(=O)C(N)C(C)C)C(=O)NC(C(=O)NC(Cc1ccc(O)cc1)C(=O)O)C(C)O. The Labute approximate surface area is 186 Å². The van der Waals surface area contributed by atoms with Crippen molar-refractivity contribution in [3.8, 4) is 5.75 Å². The number of carbonyl (C=O) groups excluding carboxylic acids is 3. The molecule has 8 N–H and O–H groups in total. The van der Waals surface area contributed by atoms with Crippen LogP contribution < -0.4 is 21.7 Å². The lowest BCUT2D eigenvalue weighted by Gasteiger charge is -2.25. The van der Waals surface area contributed by atoms with Crippen LogP contribution in [-0.2, 0) is 25.6 Å². The number of nitrogens with two attached hydrogens (primary N) is 1. The molecule has 5 atom stereocenters. The standard InChI is InChI=1S/C21H32N4O7/c1-10(2)16(22)19(29)23-11(3)18(28)25-17(12(4)26)20(30)24-15(21(31)32)9-13-5-7-14(27)8-6-13/h5-8,10-12,15-17,26-27H,9,22H2,1-4H3,(H,23,29)(H,24,30)(H,25,28)(H,31,32). The molecule has 1 rings (SSSR count). The summed E-state index contributed by atoms with van der Waals surface area (Å²) in [5.74, 6) is -3.65. The van der Waals surface area contributed by atoms with Crippen LogP contribution in [0, 0.1) is 5.92 Å². The van der Waals surface area contributed by atoms with Gasteiger partial charge in [-0.15, -0.1) is 0 Å². The molecular formula is C21H32N4O7. The molecule has 0 fully saturated rings. The highest BCUT2D eigenvalue weighted by Gasteiger charge is 2.31. The Kier molecular flexibility index (Phi) is 10.1. The Morgan fingerprint density at radius 2 is 1.47 bits per heavy atom. The molecule has 0 saturated carbocycles. The van der Waals surface area contributed by atoms with Crippen LogP contribution in [0.2, 0.25) is 0 Å². The molecule has 0 aliphatic carbocycles. The van der Waals surface area contributed by atoms with Gasteiger partial charge in [0.1, 0.15) is 23.9 Å². The molecule has 1 aromatic carbocycles.